The van der Waals surface area contributed by atoms with Crippen LogP contribution in [0, 0.1) is 6.92 Å². The fourth-order valence-corrected chi connectivity index (χ4v) is 1.46. The zero-order valence-corrected chi connectivity index (χ0v) is 10.7. The SMILES string of the molecule is CCc1nnc(CNC(=O)c2cnc(N)nc2C)o1. The van der Waals surface area contributed by atoms with Crippen molar-refractivity contribution >= 4 is 11.9 Å². The van der Waals surface area contributed by atoms with E-state index in [1.54, 1.807) is 6.92 Å². The standard InChI is InChI=1S/C11H14N6O2/c1-3-8-16-17-9(19-8)5-13-10(18)7-4-14-11(12)15-6(7)2/h4H,3,5H2,1-2H3,(H,13,18)(H2,12,14,15). The predicted octanol–water partition coefficient (Wildman–Crippen LogP) is 0.243. The number of nitrogens with zero attached hydrogens (tertiary/aromatic N) is 4. The third kappa shape index (κ3) is 3.03. The van der Waals surface area contributed by atoms with Gasteiger partial charge in [-0.2, -0.15) is 0 Å². The van der Waals surface area contributed by atoms with Crippen LogP contribution in [0.1, 0.15) is 34.8 Å². The number of carbonyl (C=O) groups is 1. The van der Waals surface area contributed by atoms with Crippen LogP contribution in [0.4, 0.5) is 5.95 Å². The predicted molar refractivity (Wildman–Crippen MR) is 66.0 cm³/mol. The van der Waals surface area contributed by atoms with Crippen LogP contribution in [-0.2, 0) is 13.0 Å². The molecule has 2 aromatic rings. The summed E-state index contributed by atoms with van der Waals surface area (Å²) in [5.41, 5.74) is 6.31. The summed E-state index contributed by atoms with van der Waals surface area (Å²) >= 11 is 0. The molecule has 8 heteroatoms. The second-order valence-corrected chi connectivity index (χ2v) is 3.85. The third-order valence-electron chi connectivity index (χ3n) is 2.45. The van der Waals surface area contributed by atoms with Crippen molar-refractivity contribution in [2.45, 2.75) is 26.8 Å². The summed E-state index contributed by atoms with van der Waals surface area (Å²) in [5, 5.41) is 10.3. The maximum Gasteiger partial charge on any atom is 0.255 e. The number of hydrogen-bond acceptors (Lipinski definition) is 7. The molecule has 0 spiro atoms. The Morgan fingerprint density at radius 1 is 1.42 bits per heavy atom. The highest BCUT2D eigenvalue weighted by molar-refractivity contribution is 5.94. The number of rotatable bonds is 4. The minimum absolute atomic E-state index is 0.138. The molecular formula is C11H14N6O2. The summed E-state index contributed by atoms with van der Waals surface area (Å²) in [7, 11) is 0. The Morgan fingerprint density at radius 2 is 2.16 bits per heavy atom. The van der Waals surface area contributed by atoms with Crippen LogP contribution in [0.2, 0.25) is 0 Å². The van der Waals surface area contributed by atoms with Gasteiger partial charge in [0.15, 0.2) is 0 Å². The van der Waals surface area contributed by atoms with E-state index in [2.05, 4.69) is 25.5 Å². The van der Waals surface area contributed by atoms with Crippen molar-refractivity contribution in [1.82, 2.24) is 25.5 Å². The van der Waals surface area contributed by atoms with Crippen LogP contribution < -0.4 is 11.1 Å². The average molecular weight is 262 g/mol. The van der Waals surface area contributed by atoms with E-state index in [-0.39, 0.29) is 18.4 Å². The molecule has 2 rings (SSSR count). The van der Waals surface area contributed by atoms with Crippen LogP contribution in [0.15, 0.2) is 10.6 Å². The van der Waals surface area contributed by atoms with Crippen LogP contribution in [0.5, 0.6) is 0 Å². The highest BCUT2D eigenvalue weighted by Gasteiger charge is 2.12. The second kappa shape index (κ2) is 5.42. The zero-order valence-electron chi connectivity index (χ0n) is 10.7. The van der Waals surface area contributed by atoms with Gasteiger partial charge in [-0.1, -0.05) is 6.92 Å². The molecule has 0 radical (unpaired) electrons. The van der Waals surface area contributed by atoms with Crippen LogP contribution in [0.3, 0.4) is 0 Å². The zero-order chi connectivity index (χ0) is 13.8. The van der Waals surface area contributed by atoms with Crippen molar-refractivity contribution in [3.8, 4) is 0 Å². The number of carbonyl (C=O) groups excluding carboxylic acids is 1. The minimum atomic E-state index is -0.311. The number of nitrogen functional groups attached to an aromatic ring is 1. The van der Waals surface area contributed by atoms with Crippen molar-refractivity contribution in [2.24, 2.45) is 0 Å². The summed E-state index contributed by atoms with van der Waals surface area (Å²) in [5.74, 6) is 0.725. The first kappa shape index (κ1) is 12.9. The number of hydrogen-bond donors (Lipinski definition) is 2. The van der Waals surface area contributed by atoms with Gasteiger partial charge in [-0.15, -0.1) is 10.2 Å². The highest BCUT2D eigenvalue weighted by Crippen LogP contribution is 2.05. The monoisotopic (exact) mass is 262 g/mol. The number of nitrogens with one attached hydrogen (secondary N) is 1. The van der Waals surface area contributed by atoms with Gasteiger partial charge in [0.25, 0.3) is 5.91 Å². The third-order valence-corrected chi connectivity index (χ3v) is 2.45. The molecule has 0 saturated carbocycles. The fourth-order valence-electron chi connectivity index (χ4n) is 1.46. The first-order chi connectivity index (χ1) is 9.10. The van der Waals surface area contributed by atoms with Gasteiger partial charge in [0.1, 0.15) is 0 Å². The van der Waals surface area contributed by atoms with E-state index >= 15 is 0 Å². The molecule has 8 nitrogen and oxygen atoms in total. The van der Waals surface area contributed by atoms with Gasteiger partial charge in [0.05, 0.1) is 17.8 Å². The maximum absolute atomic E-state index is 11.9. The van der Waals surface area contributed by atoms with Gasteiger partial charge in [-0.25, -0.2) is 9.97 Å². The quantitative estimate of drug-likeness (QED) is 0.809. The molecule has 1 amide bonds. The highest BCUT2D eigenvalue weighted by atomic mass is 16.4. The number of aromatic nitrogens is 4. The van der Waals surface area contributed by atoms with Crippen molar-refractivity contribution in [1.29, 1.82) is 0 Å². The molecule has 0 aromatic carbocycles. The summed E-state index contributed by atoms with van der Waals surface area (Å²) in [6.07, 6.45) is 2.05. The molecule has 2 aromatic heterocycles. The van der Waals surface area contributed by atoms with Crippen molar-refractivity contribution in [3.05, 3.63) is 29.2 Å². The lowest BCUT2D eigenvalue weighted by molar-refractivity contribution is 0.0945. The number of nitrogens with two attached hydrogens (primary N) is 1. The Labute approximate surface area is 109 Å². The Balaban J connectivity index is 2.01. The van der Waals surface area contributed by atoms with E-state index in [4.69, 9.17) is 10.2 Å². The van der Waals surface area contributed by atoms with Gasteiger partial charge < -0.3 is 15.5 Å². The van der Waals surface area contributed by atoms with E-state index in [1.807, 2.05) is 6.92 Å². The molecule has 0 aliphatic rings. The van der Waals surface area contributed by atoms with E-state index < -0.39 is 0 Å². The lowest BCUT2D eigenvalue weighted by Crippen LogP contribution is -2.24. The Kier molecular flexibility index (Phi) is 3.69. The van der Waals surface area contributed by atoms with Crippen LogP contribution in [-0.4, -0.2) is 26.1 Å². The smallest absolute Gasteiger partial charge is 0.255 e. The normalized spacial score (nSPS) is 10.4. The number of aryl methyl sites for hydroxylation is 2. The summed E-state index contributed by atoms with van der Waals surface area (Å²) in [4.78, 5) is 19.6. The van der Waals surface area contributed by atoms with Crippen molar-refractivity contribution < 1.29 is 9.21 Å². The number of anilines is 1. The molecule has 0 aliphatic carbocycles. The first-order valence-electron chi connectivity index (χ1n) is 5.78. The van der Waals surface area contributed by atoms with Gasteiger partial charge in [0, 0.05) is 12.6 Å². The molecule has 0 fully saturated rings. The molecule has 2 heterocycles. The molecule has 0 unspecified atom stereocenters. The Hall–Kier alpha value is -2.51. The second-order valence-electron chi connectivity index (χ2n) is 3.85. The lowest BCUT2D eigenvalue weighted by atomic mass is 10.2. The summed E-state index contributed by atoms with van der Waals surface area (Å²) in [6.45, 7) is 3.76. The van der Waals surface area contributed by atoms with Crippen LogP contribution in [0.25, 0.3) is 0 Å². The van der Waals surface area contributed by atoms with E-state index in [0.29, 0.717) is 29.5 Å². The van der Waals surface area contributed by atoms with Gasteiger partial charge in [-0.3, -0.25) is 4.79 Å². The molecule has 0 saturated heterocycles. The van der Waals surface area contributed by atoms with Crippen molar-refractivity contribution in [3.63, 3.8) is 0 Å². The molecule has 3 N–H and O–H groups in total. The van der Waals surface area contributed by atoms with Crippen LogP contribution >= 0.6 is 0 Å². The van der Waals surface area contributed by atoms with Crippen molar-refractivity contribution in [2.75, 3.05) is 5.73 Å². The lowest BCUT2D eigenvalue weighted by Gasteiger charge is -2.05. The molecule has 0 atom stereocenters. The van der Waals surface area contributed by atoms with E-state index in [0.717, 1.165) is 0 Å². The van der Waals surface area contributed by atoms with Gasteiger partial charge >= 0.3 is 0 Å². The molecular weight excluding hydrogens is 248 g/mol. The molecule has 100 valence electrons. The Morgan fingerprint density at radius 3 is 2.79 bits per heavy atom. The summed E-state index contributed by atoms with van der Waals surface area (Å²) < 4.78 is 5.28. The maximum atomic E-state index is 11.9. The summed E-state index contributed by atoms with van der Waals surface area (Å²) in [6, 6.07) is 0. The Bertz CT molecular complexity index is 595. The van der Waals surface area contributed by atoms with Gasteiger partial charge in [0.2, 0.25) is 17.7 Å². The topological polar surface area (TPSA) is 120 Å². The van der Waals surface area contributed by atoms with Gasteiger partial charge in [-0.05, 0) is 6.92 Å². The minimum Gasteiger partial charge on any atom is -0.423 e. The average Bonchev–Trinajstić information content (AvgIpc) is 2.84. The fraction of sp³-hybridized carbons (Fsp3) is 0.364. The molecule has 19 heavy (non-hydrogen) atoms. The molecule has 0 aliphatic heterocycles. The van der Waals surface area contributed by atoms with E-state index in [1.165, 1.54) is 6.20 Å². The van der Waals surface area contributed by atoms with E-state index in [9.17, 15) is 4.79 Å². The number of amides is 1. The first-order valence-corrected chi connectivity index (χ1v) is 5.78. The molecule has 0 bridgehead atoms. The largest absolute Gasteiger partial charge is 0.423 e.